The van der Waals surface area contributed by atoms with Gasteiger partial charge in [0.05, 0.1) is 0 Å². The molecular weight excluding hydrogens is 383 g/mol. The zero-order chi connectivity index (χ0) is 15.4. The molecule has 3 atom stereocenters. The topological polar surface area (TPSA) is 24.1 Å². The van der Waals surface area contributed by atoms with Crippen molar-refractivity contribution in [1.29, 1.82) is 0 Å². The van der Waals surface area contributed by atoms with Gasteiger partial charge in [-0.25, -0.2) is 0 Å². The zero-order valence-corrected chi connectivity index (χ0v) is 15.1. The van der Waals surface area contributed by atoms with Crippen LogP contribution in [-0.4, -0.2) is 12.6 Å². The average Bonchev–Trinajstić information content (AvgIpc) is 2.56. The van der Waals surface area contributed by atoms with Gasteiger partial charge >= 0.3 is 0 Å². The molecule has 1 fully saturated rings. The van der Waals surface area contributed by atoms with Crippen molar-refractivity contribution in [2.45, 2.75) is 37.9 Å². The molecule has 0 spiro atoms. The minimum absolute atomic E-state index is 0.367. The van der Waals surface area contributed by atoms with E-state index in [4.69, 9.17) is 0 Å². The van der Waals surface area contributed by atoms with Crippen molar-refractivity contribution in [3.05, 3.63) is 69.3 Å². The molecule has 3 rings (SSSR count). The standard InChI is InChI=1S/C19H23IN2/c1-14(16-9-5-10-17(20)13-16)22-18-11-6-12-21-19(18)15-7-3-2-4-8-15/h2-5,7-10,13-14,18-19,21-22H,6,11-12H2,1H3/t14-,18+,19+/m1/s1. The normalized spacial score (nSPS) is 23.2. The fraction of sp³-hybridized carbons (Fsp3) is 0.368. The zero-order valence-electron chi connectivity index (χ0n) is 12.9. The third kappa shape index (κ3) is 3.89. The van der Waals surface area contributed by atoms with Crippen molar-refractivity contribution in [3.8, 4) is 0 Å². The highest BCUT2D eigenvalue weighted by atomic mass is 127. The van der Waals surface area contributed by atoms with Gasteiger partial charge in [0.15, 0.2) is 0 Å². The van der Waals surface area contributed by atoms with Crippen molar-refractivity contribution in [3.63, 3.8) is 0 Å². The van der Waals surface area contributed by atoms with Crippen LogP contribution in [0.3, 0.4) is 0 Å². The van der Waals surface area contributed by atoms with Gasteiger partial charge in [-0.15, -0.1) is 0 Å². The minimum atomic E-state index is 0.367. The Labute approximate surface area is 146 Å². The smallest absolute Gasteiger partial charge is 0.0476 e. The number of halogens is 1. The lowest BCUT2D eigenvalue weighted by Crippen LogP contribution is -2.46. The van der Waals surface area contributed by atoms with E-state index in [1.54, 1.807) is 0 Å². The third-order valence-electron chi connectivity index (χ3n) is 4.43. The van der Waals surface area contributed by atoms with E-state index >= 15 is 0 Å². The Morgan fingerprint density at radius 1 is 1.14 bits per heavy atom. The number of hydrogen-bond acceptors (Lipinski definition) is 2. The number of nitrogens with one attached hydrogen (secondary N) is 2. The molecule has 1 heterocycles. The summed E-state index contributed by atoms with van der Waals surface area (Å²) < 4.78 is 1.30. The van der Waals surface area contributed by atoms with Crippen molar-refractivity contribution in [2.75, 3.05) is 6.54 Å². The SMILES string of the molecule is C[C@@H](N[C@H]1CCCN[C@H]1c1ccccc1)c1cccc(I)c1. The fourth-order valence-electron chi connectivity index (χ4n) is 3.27. The molecule has 0 amide bonds. The predicted molar refractivity (Wildman–Crippen MR) is 101 cm³/mol. The van der Waals surface area contributed by atoms with Crippen LogP contribution in [0.15, 0.2) is 54.6 Å². The van der Waals surface area contributed by atoms with Gasteiger partial charge in [0.1, 0.15) is 0 Å². The summed E-state index contributed by atoms with van der Waals surface area (Å²) in [6, 6.07) is 20.8. The van der Waals surface area contributed by atoms with Gasteiger partial charge < -0.3 is 10.6 Å². The van der Waals surface area contributed by atoms with E-state index in [0.717, 1.165) is 6.54 Å². The Balaban J connectivity index is 1.74. The van der Waals surface area contributed by atoms with Crippen molar-refractivity contribution in [2.24, 2.45) is 0 Å². The number of benzene rings is 2. The Hall–Kier alpha value is -0.910. The van der Waals surface area contributed by atoms with E-state index in [1.807, 2.05) is 0 Å². The molecule has 22 heavy (non-hydrogen) atoms. The second-order valence-corrected chi connectivity index (χ2v) is 7.28. The van der Waals surface area contributed by atoms with Crippen LogP contribution in [-0.2, 0) is 0 Å². The van der Waals surface area contributed by atoms with Gasteiger partial charge in [0.2, 0.25) is 0 Å². The molecule has 0 bridgehead atoms. The molecule has 116 valence electrons. The Bertz CT molecular complexity index is 599. The van der Waals surface area contributed by atoms with Crippen LogP contribution in [0.4, 0.5) is 0 Å². The first-order valence-corrected chi connectivity index (χ1v) is 9.12. The van der Waals surface area contributed by atoms with Gasteiger partial charge in [0.25, 0.3) is 0 Å². The molecule has 1 aliphatic heterocycles. The van der Waals surface area contributed by atoms with E-state index in [2.05, 4.69) is 94.7 Å². The van der Waals surface area contributed by atoms with Crippen molar-refractivity contribution < 1.29 is 0 Å². The maximum atomic E-state index is 3.85. The summed E-state index contributed by atoms with van der Waals surface area (Å²) in [5.41, 5.74) is 2.75. The molecule has 0 radical (unpaired) electrons. The quantitative estimate of drug-likeness (QED) is 0.734. The van der Waals surface area contributed by atoms with E-state index in [9.17, 15) is 0 Å². The van der Waals surface area contributed by atoms with Crippen molar-refractivity contribution >= 4 is 22.6 Å². The van der Waals surface area contributed by atoms with Gasteiger partial charge in [-0.3, -0.25) is 0 Å². The van der Waals surface area contributed by atoms with Crippen molar-refractivity contribution in [1.82, 2.24) is 10.6 Å². The summed E-state index contributed by atoms with van der Waals surface area (Å²) in [6.45, 7) is 3.37. The summed E-state index contributed by atoms with van der Waals surface area (Å²) in [5.74, 6) is 0. The van der Waals surface area contributed by atoms with Crippen LogP contribution < -0.4 is 10.6 Å². The van der Waals surface area contributed by atoms with Crippen LogP contribution in [0.2, 0.25) is 0 Å². The van der Waals surface area contributed by atoms with Gasteiger partial charge in [0, 0.05) is 21.7 Å². The lowest BCUT2D eigenvalue weighted by atomic mass is 9.91. The lowest BCUT2D eigenvalue weighted by molar-refractivity contribution is 0.287. The van der Waals surface area contributed by atoms with Crippen LogP contribution in [0, 0.1) is 3.57 Å². The largest absolute Gasteiger partial charge is 0.309 e. The first kappa shape index (κ1) is 16.0. The maximum Gasteiger partial charge on any atom is 0.0476 e. The number of piperidine rings is 1. The molecule has 2 N–H and O–H groups in total. The Morgan fingerprint density at radius 2 is 1.95 bits per heavy atom. The second-order valence-electron chi connectivity index (χ2n) is 6.03. The highest BCUT2D eigenvalue weighted by Gasteiger charge is 2.27. The van der Waals surface area contributed by atoms with E-state index in [1.165, 1.54) is 27.5 Å². The maximum absolute atomic E-state index is 3.85. The summed E-state index contributed by atoms with van der Waals surface area (Å²) in [7, 11) is 0. The van der Waals surface area contributed by atoms with E-state index in [0.29, 0.717) is 18.1 Å². The van der Waals surface area contributed by atoms with Crippen LogP contribution in [0.1, 0.15) is 43.0 Å². The summed E-state index contributed by atoms with van der Waals surface area (Å²) in [5, 5.41) is 7.53. The van der Waals surface area contributed by atoms with Crippen LogP contribution in [0.5, 0.6) is 0 Å². The molecule has 2 aromatic carbocycles. The summed E-state index contributed by atoms with van der Waals surface area (Å²) in [6.07, 6.45) is 2.46. The third-order valence-corrected chi connectivity index (χ3v) is 5.10. The Morgan fingerprint density at radius 3 is 2.73 bits per heavy atom. The van der Waals surface area contributed by atoms with Gasteiger partial charge in [-0.2, -0.15) is 0 Å². The highest BCUT2D eigenvalue weighted by molar-refractivity contribution is 14.1. The van der Waals surface area contributed by atoms with Gasteiger partial charge in [-0.05, 0) is 72.2 Å². The van der Waals surface area contributed by atoms with Crippen LogP contribution >= 0.6 is 22.6 Å². The molecule has 3 heteroatoms. The molecule has 2 aromatic rings. The second kappa shape index (κ2) is 7.57. The number of rotatable bonds is 4. The molecule has 0 saturated carbocycles. The summed E-state index contributed by atoms with van der Waals surface area (Å²) in [4.78, 5) is 0. The molecule has 1 saturated heterocycles. The van der Waals surface area contributed by atoms with E-state index < -0.39 is 0 Å². The van der Waals surface area contributed by atoms with Gasteiger partial charge in [-0.1, -0.05) is 42.5 Å². The molecule has 0 unspecified atom stereocenters. The molecule has 1 aliphatic rings. The molecule has 2 nitrogen and oxygen atoms in total. The van der Waals surface area contributed by atoms with Crippen LogP contribution in [0.25, 0.3) is 0 Å². The minimum Gasteiger partial charge on any atom is -0.309 e. The summed E-state index contributed by atoms with van der Waals surface area (Å²) >= 11 is 2.38. The molecule has 0 aliphatic carbocycles. The lowest BCUT2D eigenvalue weighted by Gasteiger charge is -2.35. The van der Waals surface area contributed by atoms with E-state index in [-0.39, 0.29) is 0 Å². The first-order valence-electron chi connectivity index (χ1n) is 8.04. The highest BCUT2D eigenvalue weighted by Crippen LogP contribution is 2.26. The monoisotopic (exact) mass is 406 g/mol. The molecular formula is C19H23IN2. The molecule has 0 aromatic heterocycles. The fourth-order valence-corrected chi connectivity index (χ4v) is 3.84. The number of hydrogen-bond donors (Lipinski definition) is 2. The average molecular weight is 406 g/mol. The first-order chi connectivity index (χ1) is 10.7. The predicted octanol–water partition coefficient (Wildman–Crippen LogP) is 4.44. The Kier molecular flexibility index (Phi) is 5.50.